The van der Waals surface area contributed by atoms with Crippen molar-refractivity contribution in [1.82, 2.24) is 10.6 Å². The van der Waals surface area contributed by atoms with Crippen LogP contribution in [0, 0.1) is 20.3 Å². The molecule has 1 saturated carbocycles. The monoisotopic (exact) mass is 868 g/mol. The normalized spacial score (nSPS) is 15.9. The predicted octanol–water partition coefficient (Wildman–Crippen LogP) is 13.1. The van der Waals surface area contributed by atoms with Gasteiger partial charge in [-0.2, -0.15) is 0 Å². The van der Waals surface area contributed by atoms with Crippen molar-refractivity contribution >= 4 is 75.3 Å². The van der Waals surface area contributed by atoms with Gasteiger partial charge in [-0.25, -0.2) is 0 Å². The van der Waals surface area contributed by atoms with Crippen LogP contribution in [0.5, 0.6) is 0 Å². The first kappa shape index (κ1) is 40.3. The number of hydrogen-bond donors (Lipinski definition) is 2. The van der Waals surface area contributed by atoms with Gasteiger partial charge in [-0.3, -0.25) is 0 Å². The summed E-state index contributed by atoms with van der Waals surface area (Å²) < 4.78 is 39.0. The maximum absolute atomic E-state index is 9.75. The van der Waals surface area contributed by atoms with Gasteiger partial charge < -0.3 is 27.9 Å². The summed E-state index contributed by atoms with van der Waals surface area (Å²) >= 11 is 11.3. The zero-order valence-electron chi connectivity index (χ0n) is 26.3. The third-order valence-electron chi connectivity index (χ3n) is 7.39. The minimum absolute atomic E-state index is 0. The molecule has 2 atom stereocenters. The fraction of sp³-hybridized carbons (Fsp3) is 0.229. The molecule has 0 aromatic carbocycles. The van der Waals surface area contributed by atoms with Gasteiger partial charge in [-0.15, -0.1) is 68.0 Å². The fourth-order valence-electron chi connectivity index (χ4n) is 5.34. The van der Waals surface area contributed by atoms with E-state index in [1.165, 1.54) is 80.9 Å². The second kappa shape index (κ2) is 20.0. The Morgan fingerprint density at radius 3 is 1.24 bits per heavy atom. The molecule has 49 heavy (non-hydrogen) atoms. The summed E-state index contributed by atoms with van der Waals surface area (Å²) in [5.41, 5.74) is 0. The van der Waals surface area contributed by atoms with Crippen LogP contribution in [-0.2, 0) is 33.5 Å². The summed E-state index contributed by atoms with van der Waals surface area (Å²) in [7, 11) is -6.00. The van der Waals surface area contributed by atoms with E-state index in [1.807, 2.05) is 68.0 Å². The second-order valence-corrected chi connectivity index (χ2v) is 17.3. The van der Waals surface area contributed by atoms with Crippen LogP contribution in [0.4, 0.5) is 17.3 Å². The van der Waals surface area contributed by atoms with Gasteiger partial charge in [0.05, 0.1) is 0 Å². The summed E-state index contributed by atoms with van der Waals surface area (Å²) in [6, 6.07) is 28.0. The molecule has 0 spiro atoms. The van der Waals surface area contributed by atoms with Crippen LogP contribution < -0.4 is 10.6 Å². The average Bonchev–Trinajstić information content (AvgIpc) is 3.88. The van der Waals surface area contributed by atoms with Crippen LogP contribution in [-0.4, -0.2) is 19.3 Å². The molecule has 261 valence electrons. The van der Waals surface area contributed by atoms with E-state index in [4.69, 9.17) is 0 Å². The van der Waals surface area contributed by atoms with Crippen molar-refractivity contribution in [1.29, 1.82) is 0 Å². The van der Waals surface area contributed by atoms with Crippen molar-refractivity contribution < 1.29 is 37.7 Å². The Labute approximate surface area is 324 Å². The fourth-order valence-corrected chi connectivity index (χ4v) is 11.1. The van der Waals surface area contributed by atoms with Crippen molar-refractivity contribution in [2.45, 2.75) is 50.9 Å². The van der Waals surface area contributed by atoms with E-state index in [0.717, 1.165) is 13.1 Å². The third kappa shape index (κ3) is 12.6. The number of thiophene rings is 6. The van der Waals surface area contributed by atoms with Gasteiger partial charge in [0, 0.05) is 73.9 Å². The molecule has 0 unspecified atom stereocenters. The number of halogens is 4. The second-order valence-electron chi connectivity index (χ2n) is 10.9. The molecule has 1 aliphatic rings. The largest absolute Gasteiger partial charge is 2.00 e. The number of hydrogen-bond acceptors (Lipinski definition) is 8. The molecule has 6 aromatic rings. The average molecular weight is 869 g/mol. The van der Waals surface area contributed by atoms with Crippen LogP contribution in [0.1, 0.15) is 35.4 Å². The van der Waals surface area contributed by atoms with E-state index in [-0.39, 0.29) is 20.4 Å². The molecule has 2 nitrogen and oxygen atoms in total. The standard InChI is InChI=1S/C32H30N2S6.C3H5.BF4.Pd/c1-2-6-24(34-20-22-10-12-30(38-22)32-16-14-28(40-32)26-8-4-18-36-26)23(5-1)33-19-21-9-11-29(37-21)31-15-13-27(39-31)25-7-3-17-35-25;1-3-2;2-1(3,4)5;/h3-4,7-18,23-24,33-34H,1-2,5-6,19-20H2;3H,1-2H2;;/q;;-1;+2/t23-,24-;;;/m1.../s1. The van der Waals surface area contributed by atoms with E-state index >= 15 is 0 Å². The Morgan fingerprint density at radius 1 is 0.571 bits per heavy atom. The molecule has 1 fully saturated rings. The molecular formula is C35H35BF4N2PdS6+. The molecule has 6 aromatic heterocycles. The van der Waals surface area contributed by atoms with Crippen LogP contribution in [0.25, 0.3) is 39.0 Å². The summed E-state index contributed by atoms with van der Waals surface area (Å²) in [4.78, 5) is 13.8. The van der Waals surface area contributed by atoms with E-state index in [2.05, 4.69) is 108 Å². The summed E-state index contributed by atoms with van der Waals surface area (Å²) in [6.45, 7) is 8.40. The van der Waals surface area contributed by atoms with Gasteiger partial charge in [0.2, 0.25) is 0 Å². The molecule has 0 bridgehead atoms. The van der Waals surface area contributed by atoms with Crippen molar-refractivity contribution in [3.8, 4) is 39.0 Å². The van der Waals surface area contributed by atoms with Crippen molar-refractivity contribution in [2.24, 2.45) is 0 Å². The van der Waals surface area contributed by atoms with Crippen LogP contribution in [0.2, 0.25) is 0 Å². The SMILES string of the molecule is F[B-](F)(F)F.[CH2][CH][CH2].[Pd+2].c1csc(-c2ccc(-c3ccc(CN[C@@H]4CCCC[C@H]4NCc4ccc(-c5ccc(-c6cccs6)s5)s4)s3)s2)c1. The minimum Gasteiger partial charge on any atom is -0.418 e. The molecule has 2 N–H and O–H groups in total. The number of rotatable bonds is 10. The van der Waals surface area contributed by atoms with Crippen LogP contribution in [0.3, 0.4) is 0 Å². The summed E-state index contributed by atoms with van der Waals surface area (Å²) in [5, 5.41) is 12.2. The van der Waals surface area contributed by atoms with Crippen molar-refractivity contribution in [2.75, 3.05) is 0 Å². The zero-order chi connectivity index (χ0) is 33.9. The maximum atomic E-state index is 9.75. The van der Waals surface area contributed by atoms with Gasteiger partial charge in [-0.05, 0) is 105 Å². The molecule has 3 radical (unpaired) electrons. The molecule has 0 saturated heterocycles. The quantitative estimate of drug-likeness (QED) is 0.106. The molecule has 1 aliphatic carbocycles. The van der Waals surface area contributed by atoms with Gasteiger partial charge in [-0.1, -0.05) is 25.0 Å². The van der Waals surface area contributed by atoms with Crippen molar-refractivity contribution in [3.05, 3.63) is 114 Å². The Bertz CT molecular complexity index is 1650. The van der Waals surface area contributed by atoms with E-state index in [9.17, 15) is 17.3 Å². The summed E-state index contributed by atoms with van der Waals surface area (Å²) in [5.74, 6) is 0. The summed E-state index contributed by atoms with van der Waals surface area (Å²) in [6.07, 6.45) is 6.64. The predicted molar refractivity (Wildman–Crippen MR) is 207 cm³/mol. The Balaban J connectivity index is 0.000000546. The van der Waals surface area contributed by atoms with E-state index in [0.29, 0.717) is 12.1 Å². The van der Waals surface area contributed by atoms with Gasteiger partial charge in [0.25, 0.3) is 0 Å². The first-order valence-electron chi connectivity index (χ1n) is 15.4. The van der Waals surface area contributed by atoms with Crippen LogP contribution in [0.15, 0.2) is 83.6 Å². The van der Waals surface area contributed by atoms with E-state index in [1.54, 1.807) is 0 Å². The first-order chi connectivity index (χ1) is 23.2. The van der Waals surface area contributed by atoms with Gasteiger partial charge in [0.15, 0.2) is 0 Å². The molecule has 0 amide bonds. The number of nitrogens with one attached hydrogen (secondary N) is 2. The first-order valence-corrected chi connectivity index (χ1v) is 20.4. The molecule has 6 heterocycles. The zero-order valence-corrected chi connectivity index (χ0v) is 32.8. The Morgan fingerprint density at radius 2 is 0.898 bits per heavy atom. The molecular weight excluding hydrogens is 834 g/mol. The molecule has 7 rings (SSSR count). The molecule has 0 aliphatic heterocycles. The third-order valence-corrected chi connectivity index (χ3v) is 14.3. The minimum atomic E-state index is -6.00. The topological polar surface area (TPSA) is 24.1 Å². The maximum Gasteiger partial charge on any atom is 2.00 e. The van der Waals surface area contributed by atoms with Crippen LogP contribution >= 0.6 is 68.0 Å². The smallest absolute Gasteiger partial charge is 0.418 e. The van der Waals surface area contributed by atoms with Gasteiger partial charge in [0.1, 0.15) is 0 Å². The Kier molecular flexibility index (Phi) is 16.4. The molecule has 14 heteroatoms. The van der Waals surface area contributed by atoms with E-state index < -0.39 is 7.25 Å². The van der Waals surface area contributed by atoms with Crippen molar-refractivity contribution in [3.63, 3.8) is 0 Å². The van der Waals surface area contributed by atoms with Gasteiger partial charge >= 0.3 is 27.7 Å². The Hall–Kier alpha value is -1.43.